The minimum atomic E-state index is 0.203. The molecule has 1 heterocycles. The highest BCUT2D eigenvalue weighted by Crippen LogP contribution is 2.26. The van der Waals surface area contributed by atoms with Crippen molar-refractivity contribution < 1.29 is 9.53 Å². The summed E-state index contributed by atoms with van der Waals surface area (Å²) in [4.78, 5) is 14.3. The van der Waals surface area contributed by atoms with Crippen molar-refractivity contribution >= 4 is 5.91 Å². The first-order chi connectivity index (χ1) is 8.83. The summed E-state index contributed by atoms with van der Waals surface area (Å²) in [6, 6.07) is 0.743. The lowest BCUT2D eigenvalue weighted by Crippen LogP contribution is -2.54. The number of amides is 1. The highest BCUT2D eigenvalue weighted by atomic mass is 16.5. The molecule has 0 aromatic carbocycles. The molecule has 1 unspecified atom stereocenters. The minimum Gasteiger partial charge on any atom is -0.369 e. The number of rotatable bonds is 4. The Bertz CT molecular complexity index is 263. The van der Waals surface area contributed by atoms with Crippen LogP contribution in [-0.2, 0) is 9.53 Å². The van der Waals surface area contributed by atoms with Crippen LogP contribution in [0, 0.1) is 0 Å². The fourth-order valence-corrected chi connectivity index (χ4v) is 3.21. The topological polar surface area (TPSA) is 41.6 Å². The van der Waals surface area contributed by atoms with Crippen molar-refractivity contribution in [2.45, 2.75) is 57.0 Å². The highest BCUT2D eigenvalue weighted by molar-refractivity contribution is 5.78. The molecular weight excluding hydrogens is 228 g/mol. The van der Waals surface area contributed by atoms with Crippen molar-refractivity contribution in [1.29, 1.82) is 0 Å². The van der Waals surface area contributed by atoms with Gasteiger partial charge >= 0.3 is 0 Å². The first-order valence-corrected chi connectivity index (χ1v) is 7.36. The first-order valence-electron chi connectivity index (χ1n) is 7.36. The third-order valence-corrected chi connectivity index (χ3v) is 4.16. The van der Waals surface area contributed by atoms with E-state index in [-0.39, 0.29) is 18.6 Å². The quantitative estimate of drug-likeness (QED) is 0.774. The van der Waals surface area contributed by atoms with Crippen LogP contribution in [-0.4, -0.2) is 49.7 Å². The number of morpholine rings is 1. The Labute approximate surface area is 110 Å². The summed E-state index contributed by atoms with van der Waals surface area (Å²) in [5.41, 5.74) is 0. The van der Waals surface area contributed by atoms with Crippen LogP contribution in [0.15, 0.2) is 0 Å². The Hall–Kier alpha value is -0.610. The third kappa shape index (κ3) is 3.45. The monoisotopic (exact) mass is 254 g/mol. The second kappa shape index (κ2) is 7.10. The van der Waals surface area contributed by atoms with E-state index in [1.165, 1.54) is 38.5 Å². The van der Waals surface area contributed by atoms with Gasteiger partial charge in [0.25, 0.3) is 0 Å². The van der Waals surface area contributed by atoms with E-state index in [4.69, 9.17) is 4.74 Å². The number of carbonyl (C=O) groups excluding carboxylic acids is 1. The molecule has 2 rings (SSSR count). The molecule has 1 aliphatic heterocycles. The zero-order chi connectivity index (χ0) is 12.8. The summed E-state index contributed by atoms with van der Waals surface area (Å²) in [5.74, 6) is 0.203. The van der Waals surface area contributed by atoms with Gasteiger partial charge in [0, 0.05) is 6.04 Å². The van der Waals surface area contributed by atoms with Crippen LogP contribution in [0.1, 0.15) is 44.9 Å². The largest absolute Gasteiger partial charge is 0.369 e. The zero-order valence-electron chi connectivity index (χ0n) is 11.5. The molecule has 1 N–H and O–H groups in total. The summed E-state index contributed by atoms with van der Waals surface area (Å²) in [6.07, 6.45) is 8.57. The molecular formula is C14H26N2O2. The molecule has 1 aliphatic carbocycles. The zero-order valence-corrected chi connectivity index (χ0v) is 11.5. The molecule has 0 radical (unpaired) electrons. The van der Waals surface area contributed by atoms with Crippen molar-refractivity contribution in [2.24, 2.45) is 0 Å². The van der Waals surface area contributed by atoms with E-state index in [1.54, 1.807) is 0 Å². The maximum absolute atomic E-state index is 12.2. The van der Waals surface area contributed by atoms with E-state index >= 15 is 0 Å². The summed E-state index contributed by atoms with van der Waals surface area (Å²) in [5, 5.41) is 3.17. The lowest BCUT2D eigenvalue weighted by molar-refractivity contribution is -0.152. The molecule has 18 heavy (non-hydrogen) atoms. The van der Waals surface area contributed by atoms with Crippen molar-refractivity contribution in [2.75, 3.05) is 26.8 Å². The average Bonchev–Trinajstić information content (AvgIpc) is 2.65. The molecule has 2 fully saturated rings. The van der Waals surface area contributed by atoms with Gasteiger partial charge in [-0.05, 0) is 32.9 Å². The van der Waals surface area contributed by atoms with Gasteiger partial charge in [-0.3, -0.25) is 4.79 Å². The Morgan fingerprint density at radius 2 is 2.00 bits per heavy atom. The molecule has 0 bridgehead atoms. The second-order valence-electron chi connectivity index (χ2n) is 5.51. The van der Waals surface area contributed by atoms with E-state index in [1.807, 2.05) is 7.05 Å². The van der Waals surface area contributed by atoms with Crippen molar-refractivity contribution in [3.8, 4) is 0 Å². The van der Waals surface area contributed by atoms with Crippen LogP contribution >= 0.6 is 0 Å². The van der Waals surface area contributed by atoms with Crippen LogP contribution in [0.4, 0.5) is 0 Å². The van der Waals surface area contributed by atoms with Crippen molar-refractivity contribution in [3.05, 3.63) is 0 Å². The van der Waals surface area contributed by atoms with Crippen LogP contribution in [0.25, 0.3) is 0 Å². The SMILES string of the molecule is CNCCC1COCC(=O)N1C1CCCCCC1. The van der Waals surface area contributed by atoms with E-state index in [0.717, 1.165) is 13.0 Å². The van der Waals surface area contributed by atoms with Crippen LogP contribution in [0.2, 0.25) is 0 Å². The smallest absolute Gasteiger partial charge is 0.249 e. The Morgan fingerprint density at radius 3 is 2.67 bits per heavy atom. The lowest BCUT2D eigenvalue weighted by Gasteiger charge is -2.41. The van der Waals surface area contributed by atoms with Gasteiger partial charge in [0.2, 0.25) is 5.91 Å². The Morgan fingerprint density at radius 1 is 1.28 bits per heavy atom. The molecule has 1 atom stereocenters. The minimum absolute atomic E-state index is 0.203. The molecule has 0 aromatic heterocycles. The van der Waals surface area contributed by atoms with Gasteiger partial charge in [0.15, 0.2) is 0 Å². The molecule has 0 spiro atoms. The van der Waals surface area contributed by atoms with Gasteiger partial charge in [-0.2, -0.15) is 0 Å². The number of hydrogen-bond acceptors (Lipinski definition) is 3. The average molecular weight is 254 g/mol. The maximum Gasteiger partial charge on any atom is 0.249 e. The number of nitrogens with one attached hydrogen (secondary N) is 1. The van der Waals surface area contributed by atoms with Gasteiger partial charge < -0.3 is 15.0 Å². The molecule has 2 aliphatic rings. The molecule has 4 nitrogen and oxygen atoms in total. The van der Waals surface area contributed by atoms with Gasteiger partial charge in [-0.1, -0.05) is 25.7 Å². The predicted molar refractivity (Wildman–Crippen MR) is 71.5 cm³/mol. The lowest BCUT2D eigenvalue weighted by atomic mass is 10.0. The standard InChI is InChI=1S/C14H26N2O2/c1-15-9-8-13-10-18-11-14(17)16(13)12-6-4-2-3-5-7-12/h12-13,15H,2-11H2,1H3. The fraction of sp³-hybridized carbons (Fsp3) is 0.929. The Kier molecular flexibility index (Phi) is 5.45. The fourth-order valence-electron chi connectivity index (χ4n) is 3.21. The van der Waals surface area contributed by atoms with E-state index in [9.17, 15) is 4.79 Å². The van der Waals surface area contributed by atoms with E-state index in [0.29, 0.717) is 12.6 Å². The molecule has 0 aromatic rings. The van der Waals surface area contributed by atoms with Crippen molar-refractivity contribution in [3.63, 3.8) is 0 Å². The Balaban J connectivity index is 2.00. The maximum atomic E-state index is 12.2. The molecule has 4 heteroatoms. The van der Waals surface area contributed by atoms with E-state index < -0.39 is 0 Å². The van der Waals surface area contributed by atoms with Gasteiger partial charge in [0.05, 0.1) is 12.6 Å². The van der Waals surface area contributed by atoms with Crippen LogP contribution in [0.3, 0.4) is 0 Å². The number of ether oxygens (including phenoxy) is 1. The van der Waals surface area contributed by atoms with Gasteiger partial charge in [-0.15, -0.1) is 0 Å². The van der Waals surface area contributed by atoms with Gasteiger partial charge in [-0.25, -0.2) is 0 Å². The second-order valence-corrected chi connectivity index (χ2v) is 5.51. The molecule has 1 saturated carbocycles. The number of carbonyl (C=O) groups is 1. The van der Waals surface area contributed by atoms with Crippen molar-refractivity contribution in [1.82, 2.24) is 10.2 Å². The number of hydrogen-bond donors (Lipinski definition) is 1. The first kappa shape index (κ1) is 13.8. The van der Waals surface area contributed by atoms with E-state index in [2.05, 4.69) is 10.2 Å². The van der Waals surface area contributed by atoms with Gasteiger partial charge in [0.1, 0.15) is 6.61 Å². The van der Waals surface area contributed by atoms with Crippen LogP contribution in [0.5, 0.6) is 0 Å². The van der Waals surface area contributed by atoms with Crippen LogP contribution < -0.4 is 5.32 Å². The summed E-state index contributed by atoms with van der Waals surface area (Å²) >= 11 is 0. The summed E-state index contributed by atoms with van der Waals surface area (Å²) in [6.45, 7) is 1.95. The third-order valence-electron chi connectivity index (χ3n) is 4.16. The predicted octanol–water partition coefficient (Wildman–Crippen LogP) is 1.55. The normalized spacial score (nSPS) is 27.3. The number of nitrogens with zero attached hydrogens (tertiary/aromatic N) is 1. The molecule has 104 valence electrons. The highest BCUT2D eigenvalue weighted by Gasteiger charge is 2.33. The molecule has 1 saturated heterocycles. The summed E-state index contributed by atoms with van der Waals surface area (Å²) < 4.78 is 5.42. The summed E-state index contributed by atoms with van der Waals surface area (Å²) in [7, 11) is 1.96. The molecule has 1 amide bonds.